The molecule has 2 aromatic rings. The van der Waals surface area contributed by atoms with Gasteiger partial charge in [0.15, 0.2) is 5.69 Å². The Labute approximate surface area is 165 Å². The van der Waals surface area contributed by atoms with E-state index in [0.717, 1.165) is 30.6 Å². The lowest BCUT2D eigenvalue weighted by Crippen LogP contribution is -2.41. The van der Waals surface area contributed by atoms with Crippen molar-refractivity contribution >= 4 is 11.8 Å². The summed E-state index contributed by atoms with van der Waals surface area (Å²) in [4.78, 5) is 27.3. The standard InChI is InChI=1S/C22H28N4O2/c1-4-26-15(3)11-19(24-26)22(28)25-12-18(16-7-5-14(2)6-8-16)20(13-25)23-21(27)17-9-10-17/h5-8,11,17-18,20H,4,9-10,12-13H2,1-3H3,(H,23,27)/t18-,20+/m0/s1. The molecular formula is C22H28N4O2. The van der Waals surface area contributed by atoms with E-state index in [1.807, 2.05) is 29.5 Å². The van der Waals surface area contributed by atoms with Crippen molar-refractivity contribution in [3.05, 3.63) is 52.8 Å². The molecule has 0 radical (unpaired) electrons. The van der Waals surface area contributed by atoms with Gasteiger partial charge < -0.3 is 10.2 Å². The van der Waals surface area contributed by atoms with Crippen molar-refractivity contribution in [2.24, 2.45) is 5.92 Å². The number of carbonyl (C=O) groups excluding carboxylic acids is 2. The molecule has 1 saturated heterocycles. The first-order valence-corrected chi connectivity index (χ1v) is 10.2. The summed E-state index contributed by atoms with van der Waals surface area (Å²) >= 11 is 0. The highest BCUT2D eigenvalue weighted by Gasteiger charge is 2.40. The first kappa shape index (κ1) is 18.7. The maximum atomic E-state index is 13.1. The number of nitrogens with zero attached hydrogens (tertiary/aromatic N) is 3. The third-order valence-electron chi connectivity index (χ3n) is 5.89. The maximum absolute atomic E-state index is 13.1. The Kier molecular flexibility index (Phi) is 4.96. The first-order chi connectivity index (χ1) is 13.5. The van der Waals surface area contributed by atoms with Gasteiger partial charge in [0, 0.05) is 37.2 Å². The minimum absolute atomic E-state index is 0.0596. The molecule has 0 bridgehead atoms. The molecular weight excluding hydrogens is 352 g/mol. The third kappa shape index (κ3) is 3.68. The van der Waals surface area contributed by atoms with Gasteiger partial charge >= 0.3 is 0 Å². The molecule has 28 heavy (non-hydrogen) atoms. The van der Waals surface area contributed by atoms with Crippen LogP contribution in [0.1, 0.15) is 53.0 Å². The number of aryl methyl sites for hydroxylation is 3. The number of likely N-dealkylation sites (tertiary alicyclic amines) is 1. The summed E-state index contributed by atoms with van der Waals surface area (Å²) in [6.45, 7) is 7.90. The van der Waals surface area contributed by atoms with E-state index in [4.69, 9.17) is 0 Å². The maximum Gasteiger partial charge on any atom is 0.274 e. The van der Waals surface area contributed by atoms with E-state index in [2.05, 4.69) is 41.6 Å². The largest absolute Gasteiger partial charge is 0.351 e. The Bertz CT molecular complexity index is 882. The summed E-state index contributed by atoms with van der Waals surface area (Å²) in [5.74, 6) is 0.325. The first-order valence-electron chi connectivity index (χ1n) is 10.2. The van der Waals surface area contributed by atoms with Crippen LogP contribution >= 0.6 is 0 Å². The molecule has 2 heterocycles. The molecule has 1 aromatic carbocycles. The number of carbonyl (C=O) groups is 2. The number of nitrogens with one attached hydrogen (secondary N) is 1. The fourth-order valence-electron chi connectivity index (χ4n) is 4.01. The number of aromatic nitrogens is 2. The Morgan fingerprint density at radius 1 is 1.14 bits per heavy atom. The zero-order valence-corrected chi connectivity index (χ0v) is 16.8. The number of benzene rings is 1. The van der Waals surface area contributed by atoms with Crippen LogP contribution in [-0.4, -0.2) is 45.6 Å². The average molecular weight is 380 g/mol. The van der Waals surface area contributed by atoms with Gasteiger partial charge in [-0.15, -0.1) is 0 Å². The van der Waals surface area contributed by atoms with Gasteiger partial charge in [0.2, 0.25) is 5.91 Å². The summed E-state index contributed by atoms with van der Waals surface area (Å²) in [6.07, 6.45) is 1.95. The lowest BCUT2D eigenvalue weighted by Gasteiger charge is -2.20. The molecule has 1 aromatic heterocycles. The number of hydrogen-bond acceptors (Lipinski definition) is 3. The molecule has 4 rings (SSSR count). The fraction of sp³-hybridized carbons (Fsp3) is 0.500. The predicted octanol–water partition coefficient (Wildman–Crippen LogP) is 2.65. The summed E-state index contributed by atoms with van der Waals surface area (Å²) in [5, 5.41) is 7.65. The Balaban J connectivity index is 1.56. The molecule has 2 atom stereocenters. The predicted molar refractivity (Wildman–Crippen MR) is 107 cm³/mol. The minimum atomic E-state index is -0.0610. The van der Waals surface area contributed by atoms with Crippen LogP contribution in [0, 0.1) is 19.8 Å². The van der Waals surface area contributed by atoms with Gasteiger partial charge in [0.1, 0.15) is 0 Å². The molecule has 6 heteroatoms. The molecule has 148 valence electrons. The van der Waals surface area contributed by atoms with Gasteiger partial charge in [-0.3, -0.25) is 14.3 Å². The summed E-state index contributed by atoms with van der Waals surface area (Å²) in [5.41, 5.74) is 3.83. The van der Waals surface area contributed by atoms with Crippen LogP contribution in [-0.2, 0) is 11.3 Å². The van der Waals surface area contributed by atoms with Crippen molar-refractivity contribution in [3.63, 3.8) is 0 Å². The van der Waals surface area contributed by atoms with Gasteiger partial charge in [0.25, 0.3) is 5.91 Å². The Morgan fingerprint density at radius 2 is 1.86 bits per heavy atom. The normalized spacial score (nSPS) is 21.8. The van der Waals surface area contributed by atoms with E-state index in [9.17, 15) is 9.59 Å². The van der Waals surface area contributed by atoms with Crippen LogP contribution in [0.15, 0.2) is 30.3 Å². The molecule has 1 N–H and O–H groups in total. The zero-order chi connectivity index (χ0) is 19.8. The molecule has 0 spiro atoms. The monoisotopic (exact) mass is 380 g/mol. The van der Waals surface area contributed by atoms with Crippen molar-refractivity contribution in [1.29, 1.82) is 0 Å². The summed E-state index contributed by atoms with van der Waals surface area (Å²) < 4.78 is 1.84. The Hall–Kier alpha value is -2.63. The van der Waals surface area contributed by atoms with Crippen LogP contribution in [0.4, 0.5) is 0 Å². The quantitative estimate of drug-likeness (QED) is 0.867. The second-order valence-corrected chi connectivity index (χ2v) is 8.10. The van der Waals surface area contributed by atoms with E-state index in [-0.39, 0.29) is 29.7 Å². The SMILES string of the molecule is CCn1nc(C(=O)N2C[C@@H](NC(=O)C3CC3)[C@H](c3ccc(C)cc3)C2)cc1C. The minimum Gasteiger partial charge on any atom is -0.351 e. The molecule has 1 aliphatic heterocycles. The van der Waals surface area contributed by atoms with Gasteiger partial charge in [-0.05, 0) is 45.2 Å². The van der Waals surface area contributed by atoms with Crippen molar-refractivity contribution < 1.29 is 9.59 Å². The van der Waals surface area contributed by atoms with E-state index in [1.54, 1.807) is 0 Å². The van der Waals surface area contributed by atoms with Crippen LogP contribution in [0.3, 0.4) is 0 Å². The molecule has 2 fully saturated rings. The van der Waals surface area contributed by atoms with Crippen LogP contribution in [0.2, 0.25) is 0 Å². The van der Waals surface area contributed by atoms with Gasteiger partial charge in [0.05, 0.1) is 6.04 Å². The smallest absolute Gasteiger partial charge is 0.274 e. The van der Waals surface area contributed by atoms with Crippen molar-refractivity contribution in [3.8, 4) is 0 Å². The van der Waals surface area contributed by atoms with Crippen LogP contribution in [0.25, 0.3) is 0 Å². The second kappa shape index (κ2) is 7.41. The summed E-state index contributed by atoms with van der Waals surface area (Å²) in [6, 6.07) is 10.2. The highest BCUT2D eigenvalue weighted by molar-refractivity contribution is 5.93. The zero-order valence-electron chi connectivity index (χ0n) is 16.8. The molecule has 1 aliphatic carbocycles. The fourth-order valence-corrected chi connectivity index (χ4v) is 4.01. The lowest BCUT2D eigenvalue weighted by atomic mass is 9.93. The van der Waals surface area contributed by atoms with Crippen LogP contribution < -0.4 is 5.32 Å². The highest BCUT2D eigenvalue weighted by Crippen LogP contribution is 2.32. The summed E-state index contributed by atoms with van der Waals surface area (Å²) in [7, 11) is 0. The molecule has 6 nitrogen and oxygen atoms in total. The van der Waals surface area contributed by atoms with E-state index in [1.165, 1.54) is 5.56 Å². The van der Waals surface area contributed by atoms with E-state index >= 15 is 0 Å². The molecule has 2 amide bonds. The lowest BCUT2D eigenvalue weighted by molar-refractivity contribution is -0.123. The van der Waals surface area contributed by atoms with Crippen molar-refractivity contribution in [2.45, 2.75) is 52.1 Å². The van der Waals surface area contributed by atoms with Crippen molar-refractivity contribution in [1.82, 2.24) is 20.0 Å². The third-order valence-corrected chi connectivity index (χ3v) is 5.89. The highest BCUT2D eigenvalue weighted by atomic mass is 16.2. The Morgan fingerprint density at radius 3 is 2.46 bits per heavy atom. The van der Waals surface area contributed by atoms with Gasteiger partial charge in [-0.25, -0.2) is 0 Å². The van der Waals surface area contributed by atoms with Gasteiger partial charge in [-0.1, -0.05) is 29.8 Å². The van der Waals surface area contributed by atoms with E-state index in [0.29, 0.717) is 18.8 Å². The van der Waals surface area contributed by atoms with Crippen LogP contribution in [0.5, 0.6) is 0 Å². The molecule has 1 saturated carbocycles. The van der Waals surface area contributed by atoms with Gasteiger partial charge in [-0.2, -0.15) is 5.10 Å². The number of amides is 2. The van der Waals surface area contributed by atoms with Crippen molar-refractivity contribution in [2.75, 3.05) is 13.1 Å². The molecule has 2 aliphatic rings. The number of hydrogen-bond donors (Lipinski definition) is 1. The molecule has 0 unspecified atom stereocenters. The topological polar surface area (TPSA) is 67.2 Å². The average Bonchev–Trinajstić information content (AvgIpc) is 3.36. The second-order valence-electron chi connectivity index (χ2n) is 8.10. The van der Waals surface area contributed by atoms with E-state index < -0.39 is 0 Å². The number of rotatable bonds is 5.